The van der Waals surface area contributed by atoms with E-state index in [1.807, 2.05) is 24.0 Å². The largest absolute Gasteiger partial charge is 0.435 e. The lowest BCUT2D eigenvalue weighted by molar-refractivity contribution is -0.141. The van der Waals surface area contributed by atoms with E-state index in [4.69, 9.17) is 0 Å². The maximum absolute atomic E-state index is 13.7. The van der Waals surface area contributed by atoms with Crippen molar-refractivity contribution in [2.45, 2.75) is 51.7 Å². The zero-order chi connectivity index (χ0) is 24.3. The topological polar surface area (TPSA) is 84.8 Å². The van der Waals surface area contributed by atoms with Crippen molar-refractivity contribution in [3.63, 3.8) is 0 Å². The molecule has 0 unspecified atom stereocenters. The average Bonchev–Trinajstić information content (AvgIpc) is 2.83. The molecule has 1 aliphatic rings. The van der Waals surface area contributed by atoms with E-state index in [1.54, 1.807) is 18.5 Å². The van der Waals surface area contributed by atoms with Crippen LogP contribution in [-0.4, -0.2) is 48.5 Å². The Kier molecular flexibility index (Phi) is 6.85. The summed E-state index contributed by atoms with van der Waals surface area (Å²) in [6.45, 7) is 4.50. The fourth-order valence-corrected chi connectivity index (χ4v) is 4.19. The maximum atomic E-state index is 13.7. The molecule has 1 saturated heterocycles. The molecule has 2 atom stereocenters. The fourth-order valence-electron chi connectivity index (χ4n) is 4.19. The Morgan fingerprint density at radius 1 is 1.09 bits per heavy atom. The van der Waals surface area contributed by atoms with Crippen LogP contribution < -0.4 is 0 Å². The summed E-state index contributed by atoms with van der Waals surface area (Å²) >= 11 is 0. The lowest BCUT2D eigenvalue weighted by Gasteiger charge is -2.39. The van der Waals surface area contributed by atoms with Gasteiger partial charge >= 0.3 is 6.18 Å². The second-order valence-corrected chi connectivity index (χ2v) is 8.66. The van der Waals surface area contributed by atoms with E-state index in [9.17, 15) is 18.0 Å². The van der Waals surface area contributed by atoms with Gasteiger partial charge < -0.3 is 4.90 Å². The summed E-state index contributed by atoms with van der Waals surface area (Å²) in [5, 5.41) is 7.04. The number of nitrogens with zero attached hydrogens (tertiary/aromatic N) is 6. The Hall–Kier alpha value is -3.43. The van der Waals surface area contributed by atoms with Gasteiger partial charge in [0.1, 0.15) is 5.69 Å². The molecule has 0 N–H and O–H groups in total. The first-order valence-electron chi connectivity index (χ1n) is 11.2. The summed E-state index contributed by atoms with van der Waals surface area (Å²) < 4.78 is 38.3. The van der Waals surface area contributed by atoms with Crippen molar-refractivity contribution in [2.24, 2.45) is 5.92 Å². The van der Waals surface area contributed by atoms with E-state index in [2.05, 4.69) is 32.1 Å². The highest BCUT2D eigenvalue weighted by Crippen LogP contribution is 2.30. The molecule has 4 heterocycles. The Labute approximate surface area is 195 Å². The molecule has 7 nitrogen and oxygen atoms in total. The van der Waals surface area contributed by atoms with E-state index < -0.39 is 11.9 Å². The van der Waals surface area contributed by atoms with E-state index >= 15 is 0 Å². The molecule has 1 amide bonds. The number of amides is 1. The van der Waals surface area contributed by atoms with E-state index in [1.165, 1.54) is 6.07 Å². The Morgan fingerprint density at radius 2 is 1.85 bits per heavy atom. The standard InChI is InChI=1S/C24H25F3N6O/c1-15-4-8-18(9-6-17-7-11-20(32-31-17)24(25,26)27)33(14-15)23(34)21-19(10-5-16(2)30-21)22-28-12-3-13-29-22/h3,5,7,10-13,15,18H,4,6,8-9,14H2,1-2H3/t15-,18-/m0/s1. The normalized spacial score (nSPS) is 18.7. The average molecular weight is 470 g/mol. The summed E-state index contributed by atoms with van der Waals surface area (Å²) in [5.41, 5.74) is 1.04. The number of likely N-dealkylation sites (tertiary alicyclic amines) is 1. The molecule has 0 aromatic carbocycles. The number of pyridine rings is 1. The van der Waals surface area contributed by atoms with Crippen molar-refractivity contribution in [1.82, 2.24) is 30.0 Å². The molecule has 34 heavy (non-hydrogen) atoms. The van der Waals surface area contributed by atoms with Gasteiger partial charge in [0.05, 0.1) is 11.3 Å². The van der Waals surface area contributed by atoms with Crippen LogP contribution in [-0.2, 0) is 12.6 Å². The molecule has 1 aliphatic heterocycles. The van der Waals surface area contributed by atoms with Crippen molar-refractivity contribution >= 4 is 5.91 Å². The number of piperidine rings is 1. The first kappa shape index (κ1) is 23.7. The Balaban J connectivity index is 1.56. The minimum absolute atomic E-state index is 0.0837. The van der Waals surface area contributed by atoms with Crippen LogP contribution in [0.2, 0.25) is 0 Å². The van der Waals surface area contributed by atoms with Gasteiger partial charge in [0.2, 0.25) is 0 Å². The molecule has 0 aliphatic carbocycles. The fraction of sp³-hybridized carbons (Fsp3) is 0.417. The van der Waals surface area contributed by atoms with Gasteiger partial charge in [-0.1, -0.05) is 6.92 Å². The molecule has 10 heteroatoms. The summed E-state index contributed by atoms with van der Waals surface area (Å²) in [5.74, 6) is 0.563. The molecule has 0 spiro atoms. The van der Waals surface area contributed by atoms with Crippen molar-refractivity contribution in [2.75, 3.05) is 6.54 Å². The third-order valence-electron chi connectivity index (χ3n) is 5.99. The second kappa shape index (κ2) is 9.82. The van der Waals surface area contributed by atoms with Crippen LogP contribution in [0.25, 0.3) is 11.4 Å². The van der Waals surface area contributed by atoms with Crippen LogP contribution in [0.4, 0.5) is 13.2 Å². The summed E-state index contributed by atoms with van der Waals surface area (Å²) in [7, 11) is 0. The molecule has 0 radical (unpaired) electrons. The predicted molar refractivity (Wildman–Crippen MR) is 119 cm³/mol. The van der Waals surface area contributed by atoms with E-state index in [0.29, 0.717) is 53.8 Å². The van der Waals surface area contributed by atoms with Gasteiger partial charge in [-0.3, -0.25) is 4.79 Å². The number of carbonyl (C=O) groups excluding carboxylic acids is 1. The number of hydrogen-bond donors (Lipinski definition) is 0. The number of aromatic nitrogens is 5. The van der Waals surface area contributed by atoms with Gasteiger partial charge in [-0.05, 0) is 68.9 Å². The zero-order valence-electron chi connectivity index (χ0n) is 19.0. The minimum atomic E-state index is -4.52. The Bertz CT molecular complexity index is 1140. The van der Waals surface area contributed by atoms with Crippen LogP contribution in [0, 0.1) is 12.8 Å². The lowest BCUT2D eigenvalue weighted by Crippen LogP contribution is -2.47. The molecule has 1 fully saturated rings. The van der Waals surface area contributed by atoms with Gasteiger partial charge in [-0.25, -0.2) is 15.0 Å². The van der Waals surface area contributed by atoms with Crippen molar-refractivity contribution in [3.8, 4) is 11.4 Å². The highest BCUT2D eigenvalue weighted by Gasteiger charge is 2.34. The summed E-state index contributed by atoms with van der Waals surface area (Å²) in [6, 6.07) is 7.54. The molecular formula is C24H25F3N6O. The molecule has 3 aromatic heterocycles. The third kappa shape index (κ3) is 5.37. The number of hydrogen-bond acceptors (Lipinski definition) is 6. The van der Waals surface area contributed by atoms with Gasteiger partial charge in [0.25, 0.3) is 5.91 Å². The summed E-state index contributed by atoms with van der Waals surface area (Å²) in [6.07, 6.45) is 1.47. The summed E-state index contributed by atoms with van der Waals surface area (Å²) in [4.78, 5) is 28.7. The third-order valence-corrected chi connectivity index (χ3v) is 5.99. The smallest absolute Gasteiger partial charge is 0.334 e. The molecule has 178 valence electrons. The zero-order valence-corrected chi connectivity index (χ0v) is 19.0. The van der Waals surface area contributed by atoms with Crippen LogP contribution in [0.15, 0.2) is 42.7 Å². The van der Waals surface area contributed by atoms with Crippen molar-refractivity contribution in [1.29, 1.82) is 0 Å². The van der Waals surface area contributed by atoms with Crippen molar-refractivity contribution in [3.05, 3.63) is 65.5 Å². The molecule has 4 rings (SSSR count). The van der Waals surface area contributed by atoms with Gasteiger partial charge in [-0.15, -0.1) is 5.10 Å². The van der Waals surface area contributed by atoms with Gasteiger partial charge in [-0.2, -0.15) is 18.3 Å². The van der Waals surface area contributed by atoms with Crippen LogP contribution in [0.3, 0.4) is 0 Å². The number of alkyl halides is 3. The number of carbonyl (C=O) groups is 1. The monoisotopic (exact) mass is 470 g/mol. The quantitative estimate of drug-likeness (QED) is 0.545. The molecule has 3 aromatic rings. The minimum Gasteiger partial charge on any atom is -0.334 e. The van der Waals surface area contributed by atoms with Gasteiger partial charge in [0, 0.05) is 30.7 Å². The second-order valence-electron chi connectivity index (χ2n) is 8.66. The first-order valence-corrected chi connectivity index (χ1v) is 11.2. The molecule has 0 saturated carbocycles. The number of aryl methyl sites for hydroxylation is 2. The van der Waals surface area contributed by atoms with E-state index in [-0.39, 0.29) is 11.9 Å². The maximum Gasteiger partial charge on any atom is 0.435 e. The first-order chi connectivity index (χ1) is 16.2. The highest BCUT2D eigenvalue weighted by atomic mass is 19.4. The number of rotatable bonds is 5. The van der Waals surface area contributed by atoms with Crippen LogP contribution in [0.1, 0.15) is 53.8 Å². The lowest BCUT2D eigenvalue weighted by atomic mass is 9.90. The Morgan fingerprint density at radius 3 is 2.53 bits per heavy atom. The van der Waals surface area contributed by atoms with Crippen LogP contribution >= 0.6 is 0 Å². The molecule has 0 bridgehead atoms. The van der Waals surface area contributed by atoms with Gasteiger partial charge in [0.15, 0.2) is 11.5 Å². The molecular weight excluding hydrogens is 445 g/mol. The SMILES string of the molecule is Cc1ccc(-c2ncccn2)c(C(=O)N2C[C@@H](C)CC[C@H]2CCc2ccc(C(F)(F)F)nn2)n1. The highest BCUT2D eigenvalue weighted by molar-refractivity contribution is 5.98. The number of halogens is 3. The van der Waals surface area contributed by atoms with Crippen LogP contribution in [0.5, 0.6) is 0 Å². The van der Waals surface area contributed by atoms with Crippen molar-refractivity contribution < 1.29 is 18.0 Å². The van der Waals surface area contributed by atoms with E-state index in [0.717, 1.165) is 18.9 Å². The predicted octanol–water partition coefficient (Wildman–Crippen LogP) is 4.53.